The zero-order chi connectivity index (χ0) is 22.2. The monoisotopic (exact) mass is 455 g/mol. The Kier molecular flexibility index (Phi) is 7.37. The molecule has 0 radical (unpaired) electrons. The fraction of sp³-hybridized carbons (Fsp3) is 0. The highest BCUT2D eigenvalue weighted by Crippen LogP contribution is 2.24. The van der Waals surface area contributed by atoms with Crippen LogP contribution >= 0.6 is 23.2 Å². The lowest BCUT2D eigenvalue weighted by Gasteiger charge is -2.05. The number of nitrogens with zero attached hydrogens (tertiary/aromatic N) is 1. The van der Waals surface area contributed by atoms with Gasteiger partial charge in [-0.25, -0.2) is 10.2 Å². The molecule has 0 fully saturated rings. The highest BCUT2D eigenvalue weighted by atomic mass is 35.5. The van der Waals surface area contributed by atoms with Crippen LogP contribution in [0.15, 0.2) is 77.9 Å². The van der Waals surface area contributed by atoms with E-state index in [1.165, 1.54) is 24.4 Å². The Hall–Kier alpha value is -3.68. The molecule has 9 heteroatoms. The van der Waals surface area contributed by atoms with Gasteiger partial charge in [0.25, 0.3) is 0 Å². The van der Waals surface area contributed by atoms with Crippen molar-refractivity contribution in [3.63, 3.8) is 0 Å². The fourth-order valence-corrected chi connectivity index (χ4v) is 2.67. The van der Waals surface area contributed by atoms with Crippen molar-refractivity contribution in [3.8, 4) is 5.75 Å². The van der Waals surface area contributed by atoms with E-state index >= 15 is 0 Å². The topological polar surface area (TPSA) is 96.9 Å². The summed E-state index contributed by atoms with van der Waals surface area (Å²) in [5.41, 5.74) is 3.39. The van der Waals surface area contributed by atoms with Crippen molar-refractivity contribution in [3.05, 3.63) is 94.0 Å². The molecule has 0 atom stereocenters. The minimum atomic E-state index is -0.978. The zero-order valence-electron chi connectivity index (χ0n) is 15.8. The Morgan fingerprint density at radius 2 is 1.61 bits per heavy atom. The SMILES string of the molecule is O=C(N/N=C/c1cccc(OC(=O)c2ccccc2)c1)C(=O)Nc1ccc(Cl)c(Cl)c1. The third-order valence-electron chi connectivity index (χ3n) is 3.84. The summed E-state index contributed by atoms with van der Waals surface area (Å²) in [5.74, 6) is -2.10. The summed E-state index contributed by atoms with van der Waals surface area (Å²) in [6.45, 7) is 0. The highest BCUT2D eigenvalue weighted by molar-refractivity contribution is 6.43. The molecule has 0 spiro atoms. The van der Waals surface area contributed by atoms with Crippen LogP contribution in [0.1, 0.15) is 15.9 Å². The van der Waals surface area contributed by atoms with Gasteiger partial charge in [-0.2, -0.15) is 5.10 Å². The molecule has 0 aliphatic heterocycles. The van der Waals surface area contributed by atoms with Crippen LogP contribution in [-0.4, -0.2) is 24.0 Å². The van der Waals surface area contributed by atoms with E-state index in [-0.39, 0.29) is 5.02 Å². The van der Waals surface area contributed by atoms with Crippen LogP contribution in [0.25, 0.3) is 0 Å². The van der Waals surface area contributed by atoms with Crippen molar-refractivity contribution in [1.82, 2.24) is 5.43 Å². The first-order chi connectivity index (χ1) is 14.9. The second-order valence-corrected chi connectivity index (χ2v) is 6.92. The Bertz CT molecular complexity index is 1150. The number of rotatable bonds is 5. The van der Waals surface area contributed by atoms with Crippen molar-refractivity contribution in [2.75, 3.05) is 5.32 Å². The number of benzene rings is 3. The molecule has 3 aromatic rings. The van der Waals surface area contributed by atoms with E-state index in [4.69, 9.17) is 27.9 Å². The number of amides is 2. The predicted octanol–water partition coefficient (Wildman–Crippen LogP) is 4.30. The fourth-order valence-electron chi connectivity index (χ4n) is 2.38. The lowest BCUT2D eigenvalue weighted by atomic mass is 10.2. The molecule has 0 saturated heterocycles. The first-order valence-corrected chi connectivity index (χ1v) is 9.65. The van der Waals surface area contributed by atoms with Gasteiger partial charge in [-0.15, -0.1) is 0 Å². The molecule has 3 aromatic carbocycles. The van der Waals surface area contributed by atoms with Gasteiger partial charge in [0.15, 0.2) is 0 Å². The molecule has 2 N–H and O–H groups in total. The minimum absolute atomic E-state index is 0.241. The summed E-state index contributed by atoms with van der Waals surface area (Å²) in [4.78, 5) is 35.9. The second kappa shape index (κ2) is 10.4. The third kappa shape index (κ3) is 6.40. The van der Waals surface area contributed by atoms with Crippen LogP contribution in [0, 0.1) is 0 Å². The van der Waals surface area contributed by atoms with Gasteiger partial charge in [0.05, 0.1) is 21.8 Å². The zero-order valence-corrected chi connectivity index (χ0v) is 17.4. The van der Waals surface area contributed by atoms with Crippen LogP contribution in [0.5, 0.6) is 5.75 Å². The third-order valence-corrected chi connectivity index (χ3v) is 4.58. The number of nitrogens with one attached hydrogen (secondary N) is 2. The summed E-state index contributed by atoms with van der Waals surface area (Å²) >= 11 is 11.7. The number of carbonyl (C=O) groups excluding carboxylic acids is 3. The van der Waals surface area contributed by atoms with Gasteiger partial charge in [-0.1, -0.05) is 53.5 Å². The molecule has 0 bridgehead atoms. The molecule has 0 unspecified atom stereocenters. The molecule has 156 valence electrons. The molecule has 0 heterocycles. The summed E-state index contributed by atoms with van der Waals surface area (Å²) in [6.07, 6.45) is 1.31. The van der Waals surface area contributed by atoms with E-state index in [2.05, 4.69) is 15.8 Å². The number of halogens is 2. The Labute approximate surface area is 187 Å². The van der Waals surface area contributed by atoms with Gasteiger partial charge >= 0.3 is 17.8 Å². The van der Waals surface area contributed by atoms with Crippen molar-refractivity contribution < 1.29 is 19.1 Å². The molecular formula is C22H15Cl2N3O4. The van der Waals surface area contributed by atoms with Crippen LogP contribution in [0.4, 0.5) is 5.69 Å². The largest absolute Gasteiger partial charge is 0.423 e. The van der Waals surface area contributed by atoms with Gasteiger partial charge < -0.3 is 10.1 Å². The number of carbonyl (C=O) groups is 3. The number of esters is 1. The standard InChI is InChI=1S/C22H15Cl2N3O4/c23-18-10-9-16(12-19(18)24)26-20(28)21(29)27-25-13-14-5-4-8-17(11-14)31-22(30)15-6-2-1-3-7-15/h1-13H,(H,26,28)(H,27,29)/b25-13+. The first-order valence-electron chi connectivity index (χ1n) is 8.89. The number of ether oxygens (including phenoxy) is 1. The van der Waals surface area contributed by atoms with Crippen LogP contribution in [0.3, 0.4) is 0 Å². The number of anilines is 1. The molecule has 0 aromatic heterocycles. The van der Waals surface area contributed by atoms with Crippen molar-refractivity contribution in [1.29, 1.82) is 0 Å². The van der Waals surface area contributed by atoms with E-state index in [0.717, 1.165) is 0 Å². The van der Waals surface area contributed by atoms with Gasteiger partial charge in [0.2, 0.25) is 0 Å². The summed E-state index contributed by atoms with van der Waals surface area (Å²) in [7, 11) is 0. The van der Waals surface area contributed by atoms with Gasteiger partial charge in [0, 0.05) is 5.69 Å². The highest BCUT2D eigenvalue weighted by Gasteiger charge is 2.13. The van der Waals surface area contributed by atoms with E-state index in [1.807, 2.05) is 0 Å². The Balaban J connectivity index is 1.56. The minimum Gasteiger partial charge on any atom is -0.423 e. The smallest absolute Gasteiger partial charge is 0.343 e. The van der Waals surface area contributed by atoms with E-state index < -0.39 is 17.8 Å². The quantitative estimate of drug-likeness (QED) is 0.197. The summed E-state index contributed by atoms with van der Waals surface area (Å²) in [6, 6.07) is 19.5. The molecule has 2 amide bonds. The van der Waals surface area contributed by atoms with Crippen molar-refractivity contribution in [2.45, 2.75) is 0 Å². The molecule has 3 rings (SSSR count). The molecule has 31 heavy (non-hydrogen) atoms. The summed E-state index contributed by atoms with van der Waals surface area (Å²) < 4.78 is 5.32. The van der Waals surface area contributed by atoms with Crippen molar-refractivity contribution >= 4 is 52.9 Å². The average Bonchev–Trinajstić information content (AvgIpc) is 2.77. The summed E-state index contributed by atoms with van der Waals surface area (Å²) in [5, 5.41) is 6.69. The van der Waals surface area contributed by atoms with Crippen LogP contribution in [0.2, 0.25) is 10.0 Å². The number of hydrogen-bond donors (Lipinski definition) is 2. The lowest BCUT2D eigenvalue weighted by molar-refractivity contribution is -0.136. The normalized spacial score (nSPS) is 10.5. The molecule has 0 aliphatic rings. The number of hydrazone groups is 1. The second-order valence-electron chi connectivity index (χ2n) is 6.11. The molecule has 7 nitrogen and oxygen atoms in total. The average molecular weight is 456 g/mol. The molecular weight excluding hydrogens is 441 g/mol. The molecule has 0 saturated carbocycles. The maximum Gasteiger partial charge on any atom is 0.343 e. The van der Waals surface area contributed by atoms with Gasteiger partial charge in [-0.05, 0) is 48.0 Å². The molecule has 0 aliphatic carbocycles. The maximum atomic E-state index is 12.1. The van der Waals surface area contributed by atoms with E-state index in [0.29, 0.717) is 27.6 Å². The lowest BCUT2D eigenvalue weighted by Crippen LogP contribution is -2.32. The predicted molar refractivity (Wildman–Crippen MR) is 119 cm³/mol. The van der Waals surface area contributed by atoms with Crippen LogP contribution < -0.4 is 15.5 Å². The van der Waals surface area contributed by atoms with Gasteiger partial charge in [0.1, 0.15) is 5.75 Å². The number of hydrogen-bond acceptors (Lipinski definition) is 5. The Morgan fingerprint density at radius 1 is 0.839 bits per heavy atom. The maximum absolute atomic E-state index is 12.1. The Morgan fingerprint density at radius 3 is 2.35 bits per heavy atom. The van der Waals surface area contributed by atoms with E-state index in [1.54, 1.807) is 54.6 Å². The first kappa shape index (κ1) is 22.0. The van der Waals surface area contributed by atoms with Crippen LogP contribution in [-0.2, 0) is 9.59 Å². The van der Waals surface area contributed by atoms with Gasteiger partial charge in [-0.3, -0.25) is 9.59 Å². The van der Waals surface area contributed by atoms with E-state index in [9.17, 15) is 14.4 Å². The van der Waals surface area contributed by atoms with Crippen molar-refractivity contribution in [2.24, 2.45) is 5.10 Å².